The normalized spacial score (nSPS) is 10.4. The molecule has 3 N–H and O–H groups in total. The second kappa shape index (κ2) is 7.93. The van der Waals surface area contributed by atoms with Gasteiger partial charge in [0.25, 0.3) is 0 Å². The molecular formula is C19H20ClN5O. The molecular weight excluding hydrogens is 350 g/mol. The van der Waals surface area contributed by atoms with Crippen molar-refractivity contribution in [2.24, 2.45) is 0 Å². The monoisotopic (exact) mass is 369 g/mol. The average molecular weight is 370 g/mol. The van der Waals surface area contributed by atoms with Gasteiger partial charge in [-0.05, 0) is 29.8 Å². The summed E-state index contributed by atoms with van der Waals surface area (Å²) in [7, 11) is 3.68. The van der Waals surface area contributed by atoms with Gasteiger partial charge in [0.1, 0.15) is 0 Å². The zero-order chi connectivity index (χ0) is 18.5. The third kappa shape index (κ3) is 3.97. The summed E-state index contributed by atoms with van der Waals surface area (Å²) in [6.07, 6.45) is 3.87. The lowest BCUT2D eigenvalue weighted by molar-refractivity contribution is -0.115. The molecule has 0 saturated carbocycles. The number of halogens is 1. The van der Waals surface area contributed by atoms with Crippen LogP contribution in [0.1, 0.15) is 5.56 Å². The molecule has 0 bridgehead atoms. The molecule has 1 heterocycles. The Labute approximate surface area is 157 Å². The fraction of sp³-hybridized carbons (Fsp3) is 0.158. The maximum absolute atomic E-state index is 12.3. The average Bonchev–Trinajstić information content (AvgIpc) is 3.12. The van der Waals surface area contributed by atoms with Gasteiger partial charge in [0, 0.05) is 24.8 Å². The smallest absolute Gasteiger partial charge is 0.228 e. The van der Waals surface area contributed by atoms with Crippen LogP contribution in [0.25, 0.3) is 5.69 Å². The van der Waals surface area contributed by atoms with E-state index in [4.69, 9.17) is 11.6 Å². The van der Waals surface area contributed by atoms with Crippen molar-refractivity contribution in [2.75, 3.05) is 30.0 Å². The molecule has 1 aromatic heterocycles. The molecule has 26 heavy (non-hydrogen) atoms. The molecule has 134 valence electrons. The molecule has 0 atom stereocenters. The van der Waals surface area contributed by atoms with E-state index in [1.54, 1.807) is 16.9 Å². The summed E-state index contributed by atoms with van der Waals surface area (Å²) in [5.74, 6) is -0.121. The van der Waals surface area contributed by atoms with E-state index < -0.39 is 0 Å². The molecule has 0 spiro atoms. The fourth-order valence-corrected chi connectivity index (χ4v) is 2.82. The standard InChI is InChI=1S/C19H20ClN5O/c1-21-15-11-23-25(12-15)18-8-7-14(10-17(18)22-2)24-19(26)9-13-5-3-4-6-16(13)20/h3-8,10-12,21-22H,9H2,1-2H3,(H,24,26). The Morgan fingerprint density at radius 1 is 1.12 bits per heavy atom. The highest BCUT2D eigenvalue weighted by Crippen LogP contribution is 2.25. The van der Waals surface area contributed by atoms with Gasteiger partial charge in [-0.2, -0.15) is 5.10 Å². The maximum atomic E-state index is 12.3. The molecule has 7 heteroatoms. The summed E-state index contributed by atoms with van der Waals surface area (Å²) in [5.41, 5.74) is 4.16. The van der Waals surface area contributed by atoms with Crippen LogP contribution < -0.4 is 16.0 Å². The number of rotatable bonds is 6. The van der Waals surface area contributed by atoms with Crippen molar-refractivity contribution < 1.29 is 4.79 Å². The second-order valence-corrected chi connectivity index (χ2v) is 6.13. The summed E-state index contributed by atoms with van der Waals surface area (Å²) in [5, 5.41) is 14.0. The van der Waals surface area contributed by atoms with Crippen LogP contribution in [0.4, 0.5) is 17.1 Å². The van der Waals surface area contributed by atoms with E-state index in [1.807, 2.05) is 56.7 Å². The highest BCUT2D eigenvalue weighted by Gasteiger charge is 2.10. The maximum Gasteiger partial charge on any atom is 0.228 e. The minimum atomic E-state index is -0.121. The van der Waals surface area contributed by atoms with Gasteiger partial charge in [0.15, 0.2) is 0 Å². The minimum Gasteiger partial charge on any atom is -0.386 e. The zero-order valence-corrected chi connectivity index (χ0v) is 15.3. The molecule has 6 nitrogen and oxygen atoms in total. The first-order valence-electron chi connectivity index (χ1n) is 8.18. The van der Waals surface area contributed by atoms with Crippen molar-refractivity contribution in [3.8, 4) is 5.69 Å². The molecule has 0 unspecified atom stereocenters. The molecule has 0 saturated heterocycles. The first-order valence-corrected chi connectivity index (χ1v) is 8.56. The van der Waals surface area contributed by atoms with Crippen molar-refractivity contribution in [3.63, 3.8) is 0 Å². The van der Waals surface area contributed by atoms with Crippen molar-refractivity contribution in [2.45, 2.75) is 6.42 Å². The zero-order valence-electron chi connectivity index (χ0n) is 14.6. The number of anilines is 3. The van der Waals surface area contributed by atoms with E-state index in [0.717, 1.165) is 22.6 Å². The largest absolute Gasteiger partial charge is 0.386 e. The van der Waals surface area contributed by atoms with Gasteiger partial charge < -0.3 is 16.0 Å². The minimum absolute atomic E-state index is 0.121. The third-order valence-corrected chi connectivity index (χ3v) is 4.35. The van der Waals surface area contributed by atoms with Gasteiger partial charge in [-0.25, -0.2) is 4.68 Å². The Morgan fingerprint density at radius 2 is 1.92 bits per heavy atom. The Bertz CT molecular complexity index is 922. The van der Waals surface area contributed by atoms with E-state index in [-0.39, 0.29) is 12.3 Å². The molecule has 0 fully saturated rings. The number of benzene rings is 2. The van der Waals surface area contributed by atoms with Gasteiger partial charge in [0.05, 0.1) is 35.9 Å². The number of nitrogens with one attached hydrogen (secondary N) is 3. The highest BCUT2D eigenvalue weighted by atomic mass is 35.5. The Kier molecular flexibility index (Phi) is 5.43. The first kappa shape index (κ1) is 17.8. The number of aromatic nitrogens is 2. The van der Waals surface area contributed by atoms with E-state index in [2.05, 4.69) is 21.0 Å². The van der Waals surface area contributed by atoms with Gasteiger partial charge in [-0.3, -0.25) is 4.79 Å². The number of hydrogen-bond acceptors (Lipinski definition) is 4. The first-order chi connectivity index (χ1) is 12.6. The number of carbonyl (C=O) groups excluding carboxylic acids is 1. The second-order valence-electron chi connectivity index (χ2n) is 5.72. The third-order valence-electron chi connectivity index (χ3n) is 3.98. The van der Waals surface area contributed by atoms with Gasteiger partial charge in [0.2, 0.25) is 5.91 Å². The molecule has 3 aromatic rings. The van der Waals surface area contributed by atoms with Crippen molar-refractivity contribution in [1.29, 1.82) is 0 Å². The highest BCUT2D eigenvalue weighted by molar-refractivity contribution is 6.31. The molecule has 3 rings (SSSR count). The number of amides is 1. The number of nitrogens with zero attached hydrogens (tertiary/aromatic N) is 2. The quantitative estimate of drug-likeness (QED) is 0.618. The Balaban J connectivity index is 1.76. The predicted octanol–water partition coefficient (Wildman–Crippen LogP) is 3.79. The van der Waals surface area contributed by atoms with Crippen molar-refractivity contribution in [3.05, 3.63) is 65.4 Å². The van der Waals surface area contributed by atoms with E-state index in [0.29, 0.717) is 10.7 Å². The van der Waals surface area contributed by atoms with Crippen molar-refractivity contribution >= 4 is 34.6 Å². The van der Waals surface area contributed by atoms with Crippen LogP contribution in [-0.4, -0.2) is 29.8 Å². The Hall–Kier alpha value is -2.99. The summed E-state index contributed by atoms with van der Waals surface area (Å²) >= 11 is 6.12. The van der Waals surface area contributed by atoms with Crippen LogP contribution in [0, 0.1) is 0 Å². The molecule has 0 aliphatic heterocycles. The summed E-state index contributed by atoms with van der Waals surface area (Å²) in [4.78, 5) is 12.3. The van der Waals surface area contributed by atoms with E-state index in [1.165, 1.54) is 0 Å². The van der Waals surface area contributed by atoms with Crippen molar-refractivity contribution in [1.82, 2.24) is 9.78 Å². The van der Waals surface area contributed by atoms with Crippen LogP contribution in [0.5, 0.6) is 0 Å². The van der Waals surface area contributed by atoms with Crippen LogP contribution in [-0.2, 0) is 11.2 Å². The predicted molar refractivity (Wildman–Crippen MR) is 106 cm³/mol. The Morgan fingerprint density at radius 3 is 2.62 bits per heavy atom. The molecule has 2 aromatic carbocycles. The fourth-order valence-electron chi connectivity index (χ4n) is 2.62. The van der Waals surface area contributed by atoms with Crippen LogP contribution >= 0.6 is 11.6 Å². The van der Waals surface area contributed by atoms with E-state index in [9.17, 15) is 4.79 Å². The van der Waals surface area contributed by atoms with Crippen LogP contribution in [0.3, 0.4) is 0 Å². The molecule has 0 radical (unpaired) electrons. The lowest BCUT2D eigenvalue weighted by Crippen LogP contribution is -2.15. The van der Waals surface area contributed by atoms with Gasteiger partial charge in [-0.1, -0.05) is 29.8 Å². The topological polar surface area (TPSA) is 71.0 Å². The van der Waals surface area contributed by atoms with Crippen LogP contribution in [0.15, 0.2) is 54.9 Å². The lowest BCUT2D eigenvalue weighted by atomic mass is 10.1. The number of carbonyl (C=O) groups is 1. The summed E-state index contributed by atoms with van der Waals surface area (Å²) < 4.78 is 1.77. The molecule has 1 amide bonds. The number of hydrogen-bond donors (Lipinski definition) is 3. The SMILES string of the molecule is CNc1cnn(-c2ccc(NC(=O)Cc3ccccc3Cl)cc2NC)c1. The molecule has 0 aliphatic carbocycles. The molecule has 0 aliphatic rings. The van der Waals surface area contributed by atoms with Gasteiger partial charge in [-0.15, -0.1) is 0 Å². The van der Waals surface area contributed by atoms with Crippen LogP contribution in [0.2, 0.25) is 5.02 Å². The summed E-state index contributed by atoms with van der Waals surface area (Å²) in [6.45, 7) is 0. The summed E-state index contributed by atoms with van der Waals surface area (Å²) in [6, 6.07) is 13.0. The van der Waals surface area contributed by atoms with Gasteiger partial charge >= 0.3 is 0 Å². The lowest BCUT2D eigenvalue weighted by Gasteiger charge is -2.12. The van der Waals surface area contributed by atoms with E-state index >= 15 is 0 Å².